The summed E-state index contributed by atoms with van der Waals surface area (Å²) in [6, 6.07) is 10.0. The number of halogens is 1. The molecule has 6 rings (SSSR count). The Labute approximate surface area is 192 Å². The molecule has 5 heterocycles. The fourth-order valence-electron chi connectivity index (χ4n) is 5.19. The van der Waals surface area contributed by atoms with Crippen LogP contribution in [-0.4, -0.2) is 49.2 Å². The van der Waals surface area contributed by atoms with Gasteiger partial charge in [0.15, 0.2) is 0 Å². The zero-order chi connectivity index (χ0) is 22.7. The molecule has 4 aromatic heterocycles. The molecule has 0 spiro atoms. The zero-order valence-electron chi connectivity index (χ0n) is 19.0. The lowest BCUT2D eigenvalue weighted by Gasteiger charge is -2.33. The maximum absolute atomic E-state index is 14.1. The van der Waals surface area contributed by atoms with E-state index < -0.39 is 6.17 Å². The lowest BCUT2D eigenvalue weighted by Crippen LogP contribution is -2.44. The second-order valence-electron chi connectivity index (χ2n) is 9.87. The third kappa shape index (κ3) is 3.59. The van der Waals surface area contributed by atoms with Crippen molar-refractivity contribution in [3.05, 3.63) is 53.9 Å². The number of pyridine rings is 2. The van der Waals surface area contributed by atoms with Gasteiger partial charge < -0.3 is 9.47 Å². The summed E-state index contributed by atoms with van der Waals surface area (Å²) in [5.74, 6) is 0.740. The van der Waals surface area contributed by atoms with Gasteiger partial charge >= 0.3 is 0 Å². The van der Waals surface area contributed by atoms with E-state index in [1.165, 1.54) is 12.8 Å². The van der Waals surface area contributed by atoms with Crippen LogP contribution in [0.25, 0.3) is 27.9 Å². The molecule has 1 saturated carbocycles. The molecule has 0 bridgehead atoms. The van der Waals surface area contributed by atoms with E-state index in [9.17, 15) is 9.18 Å². The van der Waals surface area contributed by atoms with Gasteiger partial charge in [0, 0.05) is 36.4 Å². The number of carbonyl (C=O) groups excluding carboxylic acids is 1. The number of nitrogens with zero attached hydrogens (tertiary/aromatic N) is 5. The highest BCUT2D eigenvalue weighted by Gasteiger charge is 2.29. The minimum atomic E-state index is -0.957. The quantitative estimate of drug-likeness (QED) is 0.449. The second-order valence-corrected chi connectivity index (χ2v) is 9.87. The van der Waals surface area contributed by atoms with Gasteiger partial charge in [-0.25, -0.2) is 13.9 Å². The maximum Gasteiger partial charge on any atom is 0.255 e. The highest BCUT2D eigenvalue weighted by Crippen LogP contribution is 2.36. The molecule has 0 N–H and O–H groups in total. The van der Waals surface area contributed by atoms with Gasteiger partial charge in [0.2, 0.25) is 0 Å². The fourth-order valence-corrected chi connectivity index (χ4v) is 5.19. The molecule has 1 aliphatic heterocycles. The monoisotopic (exact) mass is 445 g/mol. The highest BCUT2D eigenvalue weighted by molar-refractivity contribution is 5.94. The smallest absolute Gasteiger partial charge is 0.255 e. The van der Waals surface area contributed by atoms with E-state index in [1.54, 1.807) is 15.6 Å². The minimum Gasteiger partial charge on any atom is -0.335 e. The Morgan fingerprint density at radius 2 is 2.06 bits per heavy atom. The third-order valence-corrected chi connectivity index (χ3v) is 7.05. The van der Waals surface area contributed by atoms with E-state index in [2.05, 4.69) is 28.6 Å². The number of hydrogen-bond acceptors (Lipinski definition) is 3. The Hall–Kier alpha value is -3.22. The molecular formula is C26H28FN5O. The van der Waals surface area contributed by atoms with Crippen LogP contribution in [0.4, 0.5) is 4.39 Å². The van der Waals surface area contributed by atoms with Crippen LogP contribution in [0.5, 0.6) is 0 Å². The summed E-state index contributed by atoms with van der Waals surface area (Å²) >= 11 is 0. The Balaban J connectivity index is 1.40. The first-order chi connectivity index (χ1) is 16.0. The molecule has 1 amide bonds. The molecule has 7 heteroatoms. The molecule has 2 aliphatic rings. The van der Waals surface area contributed by atoms with Crippen LogP contribution >= 0.6 is 0 Å². The summed E-state index contributed by atoms with van der Waals surface area (Å²) in [5.41, 5.74) is 5.55. The number of hydrogen-bond donors (Lipinski definition) is 0. The molecule has 170 valence electrons. The topological polar surface area (TPSA) is 55.4 Å². The van der Waals surface area contributed by atoms with Gasteiger partial charge in [-0.3, -0.25) is 4.79 Å². The number of piperidine rings is 1. The first-order valence-corrected chi connectivity index (χ1v) is 11.8. The van der Waals surface area contributed by atoms with Gasteiger partial charge in [-0.2, -0.15) is 5.10 Å². The number of rotatable bonds is 4. The molecule has 0 aromatic carbocycles. The van der Waals surface area contributed by atoms with Gasteiger partial charge in [-0.1, -0.05) is 6.92 Å². The normalized spacial score (nSPS) is 21.2. The van der Waals surface area contributed by atoms with Crippen molar-refractivity contribution in [1.29, 1.82) is 0 Å². The predicted octanol–water partition coefficient (Wildman–Crippen LogP) is 4.89. The molecule has 6 nitrogen and oxygen atoms in total. The van der Waals surface area contributed by atoms with Gasteiger partial charge in [-0.05, 0) is 68.4 Å². The number of amides is 1. The van der Waals surface area contributed by atoms with Crippen LogP contribution in [0.2, 0.25) is 0 Å². The second kappa shape index (κ2) is 7.68. The number of fused-ring (bicyclic) bond motifs is 2. The van der Waals surface area contributed by atoms with Gasteiger partial charge in [0.05, 0.1) is 23.3 Å². The Morgan fingerprint density at radius 1 is 1.21 bits per heavy atom. The van der Waals surface area contributed by atoms with E-state index in [4.69, 9.17) is 5.10 Å². The molecule has 33 heavy (non-hydrogen) atoms. The van der Waals surface area contributed by atoms with E-state index in [-0.39, 0.29) is 18.4 Å². The van der Waals surface area contributed by atoms with E-state index in [0.717, 1.165) is 40.0 Å². The molecule has 0 radical (unpaired) electrons. The van der Waals surface area contributed by atoms with E-state index in [1.807, 2.05) is 31.3 Å². The van der Waals surface area contributed by atoms with Crippen LogP contribution in [0.3, 0.4) is 0 Å². The molecule has 1 aliphatic carbocycles. The van der Waals surface area contributed by atoms with Gasteiger partial charge in [0.1, 0.15) is 17.5 Å². The number of aryl methyl sites for hydroxylation is 1. The summed E-state index contributed by atoms with van der Waals surface area (Å²) in [5, 5.41) is 6.02. The van der Waals surface area contributed by atoms with E-state index >= 15 is 0 Å². The van der Waals surface area contributed by atoms with Gasteiger partial charge in [0.25, 0.3) is 5.91 Å². The van der Waals surface area contributed by atoms with Crippen LogP contribution < -0.4 is 0 Å². The van der Waals surface area contributed by atoms with Crippen molar-refractivity contribution in [2.75, 3.05) is 13.1 Å². The largest absolute Gasteiger partial charge is 0.335 e. The van der Waals surface area contributed by atoms with Crippen molar-refractivity contribution in [2.45, 2.75) is 45.8 Å². The summed E-state index contributed by atoms with van der Waals surface area (Å²) in [7, 11) is 0. The van der Waals surface area contributed by atoms with Crippen molar-refractivity contribution < 1.29 is 9.18 Å². The Bertz CT molecular complexity index is 1360. The molecule has 2 fully saturated rings. The van der Waals surface area contributed by atoms with Crippen molar-refractivity contribution in [3.63, 3.8) is 0 Å². The molecule has 1 saturated heterocycles. The molecule has 4 aromatic rings. The first-order valence-electron chi connectivity index (χ1n) is 11.8. The Morgan fingerprint density at radius 3 is 2.85 bits per heavy atom. The summed E-state index contributed by atoms with van der Waals surface area (Å²) in [6.45, 7) is 5.78. The van der Waals surface area contributed by atoms with Crippen LogP contribution in [0, 0.1) is 18.8 Å². The Kier molecular flexibility index (Phi) is 4.75. The zero-order valence-corrected chi connectivity index (χ0v) is 19.0. The van der Waals surface area contributed by atoms with Crippen molar-refractivity contribution in [1.82, 2.24) is 24.1 Å². The summed E-state index contributed by atoms with van der Waals surface area (Å²) in [4.78, 5) is 19.4. The van der Waals surface area contributed by atoms with Crippen molar-refractivity contribution in [3.8, 4) is 11.4 Å². The number of aromatic nitrogens is 4. The molecular weight excluding hydrogens is 417 g/mol. The van der Waals surface area contributed by atoms with Crippen molar-refractivity contribution in [2.24, 2.45) is 11.8 Å². The van der Waals surface area contributed by atoms with Crippen LogP contribution in [0.1, 0.15) is 42.1 Å². The van der Waals surface area contributed by atoms with Crippen molar-refractivity contribution >= 4 is 22.5 Å². The number of likely N-dealkylation sites (tertiary alicyclic amines) is 1. The molecule has 0 unspecified atom stereocenters. The molecule has 2 atom stereocenters. The van der Waals surface area contributed by atoms with Gasteiger partial charge in [-0.15, -0.1) is 0 Å². The average Bonchev–Trinajstić information content (AvgIpc) is 3.47. The summed E-state index contributed by atoms with van der Waals surface area (Å²) < 4.78 is 18.2. The third-order valence-electron chi connectivity index (χ3n) is 7.05. The number of alkyl halides is 1. The lowest BCUT2D eigenvalue weighted by molar-refractivity contribution is 0.0555. The maximum atomic E-state index is 14.1. The highest BCUT2D eigenvalue weighted by atomic mass is 19.1. The SMILES string of the molecule is Cc1c(-c2cc3cccnc3n2CC2CC2)nn2cc(C(=O)N3C[C@H](C)C[C@@H](F)C3)ccc12. The predicted molar refractivity (Wildman–Crippen MR) is 126 cm³/mol. The summed E-state index contributed by atoms with van der Waals surface area (Å²) in [6.07, 6.45) is 5.71. The number of carbonyl (C=O) groups is 1. The van der Waals surface area contributed by atoms with E-state index in [0.29, 0.717) is 24.4 Å². The van der Waals surface area contributed by atoms with Crippen LogP contribution in [-0.2, 0) is 6.54 Å². The lowest BCUT2D eigenvalue weighted by atomic mass is 9.98. The van der Waals surface area contributed by atoms with Crippen LogP contribution in [0.15, 0.2) is 42.7 Å². The first kappa shape index (κ1) is 20.4. The minimum absolute atomic E-state index is 0.132. The average molecular weight is 446 g/mol. The fraction of sp³-hybridized carbons (Fsp3) is 0.423. The standard InChI is InChI=1S/C26H28FN5O/c1-16-10-21(27)15-30(12-16)26(33)20-7-8-22-17(2)24(29-32(22)14-20)23-11-19-4-3-9-28-25(19)31(23)13-18-5-6-18/h3-4,7-9,11,14,16,18,21H,5-6,10,12-13,15H2,1-2H3/t16-,21-/m1/s1.